The highest BCUT2D eigenvalue weighted by atomic mass is 35.5. The van der Waals surface area contributed by atoms with E-state index in [1.54, 1.807) is 31.2 Å². The molecule has 0 saturated carbocycles. The lowest BCUT2D eigenvalue weighted by atomic mass is 10.3. The average Bonchev–Trinajstić information content (AvgIpc) is 2.59. The largest absolute Gasteiger partial charge is 0.411 e. The molecule has 0 atom stereocenters. The molecule has 0 aliphatic heterocycles. The maximum atomic E-state index is 12.0. The van der Waals surface area contributed by atoms with Gasteiger partial charge in [-0.25, -0.2) is 4.68 Å². The maximum absolute atomic E-state index is 12.0. The van der Waals surface area contributed by atoms with Crippen LogP contribution in [0.4, 0.5) is 0 Å². The predicted molar refractivity (Wildman–Crippen MR) is 65.5 cm³/mol. The van der Waals surface area contributed by atoms with Gasteiger partial charge in [-0.05, 0) is 31.2 Å². The first-order chi connectivity index (χ1) is 8.13. The van der Waals surface area contributed by atoms with Crippen molar-refractivity contribution < 1.29 is 5.21 Å². The number of nitrogens with zero attached hydrogens (tertiary/aromatic N) is 2. The molecule has 0 saturated heterocycles. The molecule has 2 N–H and O–H groups in total. The number of aromatic nitrogens is 2. The highest BCUT2D eigenvalue weighted by Gasteiger charge is 2.10. The summed E-state index contributed by atoms with van der Waals surface area (Å²) in [4.78, 5) is 12.0. The van der Waals surface area contributed by atoms with Crippen molar-refractivity contribution in [2.24, 2.45) is 5.16 Å². The fraction of sp³-hybridized carbons (Fsp3) is 0.0909. The third kappa shape index (κ3) is 2.09. The summed E-state index contributed by atoms with van der Waals surface area (Å²) >= 11 is 5.77. The van der Waals surface area contributed by atoms with Crippen LogP contribution in [0.3, 0.4) is 0 Å². The first-order valence-electron chi connectivity index (χ1n) is 4.88. The van der Waals surface area contributed by atoms with Crippen molar-refractivity contribution in [2.75, 3.05) is 0 Å². The number of H-pyrrole nitrogens is 1. The average molecular weight is 252 g/mol. The lowest BCUT2D eigenvalue weighted by Crippen LogP contribution is -2.17. The van der Waals surface area contributed by atoms with Crippen molar-refractivity contribution >= 4 is 17.8 Å². The summed E-state index contributed by atoms with van der Waals surface area (Å²) in [6.45, 7) is 1.73. The highest BCUT2D eigenvalue weighted by molar-refractivity contribution is 6.30. The first kappa shape index (κ1) is 11.5. The molecule has 0 spiro atoms. The molecule has 88 valence electrons. The van der Waals surface area contributed by atoms with Crippen molar-refractivity contribution in [3.8, 4) is 5.69 Å². The normalized spacial score (nSPS) is 11.2. The third-order valence-electron chi connectivity index (χ3n) is 2.39. The Labute approximate surface area is 102 Å². The monoisotopic (exact) mass is 251 g/mol. The summed E-state index contributed by atoms with van der Waals surface area (Å²) in [6.07, 6.45) is 1.11. The molecule has 0 bridgehead atoms. The molecular formula is C11H10ClN3O2. The van der Waals surface area contributed by atoms with Gasteiger partial charge < -0.3 is 5.21 Å². The molecule has 2 rings (SSSR count). The van der Waals surface area contributed by atoms with Gasteiger partial charge in [0.25, 0.3) is 5.56 Å². The second-order valence-electron chi connectivity index (χ2n) is 3.51. The summed E-state index contributed by atoms with van der Waals surface area (Å²) < 4.78 is 1.36. The Balaban J connectivity index is 2.57. The van der Waals surface area contributed by atoms with Gasteiger partial charge in [0.05, 0.1) is 17.5 Å². The molecule has 0 aliphatic carbocycles. The first-order valence-corrected chi connectivity index (χ1v) is 5.26. The summed E-state index contributed by atoms with van der Waals surface area (Å²) in [5.41, 5.74) is 1.34. The Bertz CT molecular complexity index is 611. The lowest BCUT2D eigenvalue weighted by molar-refractivity contribution is 0.322. The number of hydrogen-bond acceptors (Lipinski definition) is 3. The Morgan fingerprint density at radius 2 is 2.06 bits per heavy atom. The molecule has 0 aliphatic rings. The zero-order valence-corrected chi connectivity index (χ0v) is 9.77. The smallest absolute Gasteiger partial charge is 0.280 e. The molecule has 0 amide bonds. The van der Waals surface area contributed by atoms with Gasteiger partial charge in [-0.15, -0.1) is 0 Å². The van der Waals surface area contributed by atoms with E-state index in [1.807, 2.05) is 0 Å². The van der Waals surface area contributed by atoms with E-state index in [2.05, 4.69) is 10.3 Å². The van der Waals surface area contributed by atoms with Gasteiger partial charge in [0.2, 0.25) is 0 Å². The second-order valence-corrected chi connectivity index (χ2v) is 3.95. The summed E-state index contributed by atoms with van der Waals surface area (Å²) in [7, 11) is 0. The SMILES string of the molecule is Cc1[nH]n(-c2ccc(Cl)cc2)c(=O)c1/C=N/O. The summed E-state index contributed by atoms with van der Waals surface area (Å²) in [5, 5.41) is 14.8. The Morgan fingerprint density at radius 1 is 1.41 bits per heavy atom. The van der Waals surface area contributed by atoms with E-state index in [9.17, 15) is 4.79 Å². The topological polar surface area (TPSA) is 70.4 Å². The van der Waals surface area contributed by atoms with Crippen LogP contribution < -0.4 is 5.56 Å². The molecule has 6 heteroatoms. The third-order valence-corrected chi connectivity index (χ3v) is 2.64. The molecule has 5 nitrogen and oxygen atoms in total. The zero-order chi connectivity index (χ0) is 12.4. The van der Waals surface area contributed by atoms with Crippen LogP contribution in [0.5, 0.6) is 0 Å². The van der Waals surface area contributed by atoms with Gasteiger partial charge in [0.15, 0.2) is 0 Å². The number of hydrogen-bond donors (Lipinski definition) is 2. The lowest BCUT2D eigenvalue weighted by Gasteiger charge is -2.00. The van der Waals surface area contributed by atoms with Gasteiger partial charge in [0, 0.05) is 10.7 Å². The molecule has 0 unspecified atom stereocenters. The van der Waals surface area contributed by atoms with E-state index in [-0.39, 0.29) is 5.56 Å². The molecule has 17 heavy (non-hydrogen) atoms. The van der Waals surface area contributed by atoms with E-state index in [0.717, 1.165) is 6.21 Å². The Kier molecular flexibility index (Phi) is 3.01. The molecule has 0 radical (unpaired) electrons. The van der Waals surface area contributed by atoms with Crippen LogP contribution in [0.25, 0.3) is 5.69 Å². The number of nitrogens with one attached hydrogen (secondary N) is 1. The number of rotatable bonds is 2. The van der Waals surface area contributed by atoms with Crippen LogP contribution in [0, 0.1) is 6.92 Å². The van der Waals surface area contributed by atoms with E-state index in [0.29, 0.717) is 22.0 Å². The van der Waals surface area contributed by atoms with Gasteiger partial charge in [-0.3, -0.25) is 9.89 Å². The van der Waals surface area contributed by atoms with Crippen LogP contribution in [0.15, 0.2) is 34.2 Å². The number of halogens is 1. The number of benzene rings is 1. The Morgan fingerprint density at radius 3 is 2.65 bits per heavy atom. The van der Waals surface area contributed by atoms with Crippen molar-refractivity contribution in [3.63, 3.8) is 0 Å². The van der Waals surface area contributed by atoms with Crippen molar-refractivity contribution in [3.05, 3.63) is 50.9 Å². The zero-order valence-electron chi connectivity index (χ0n) is 9.01. The summed E-state index contributed by atoms with van der Waals surface area (Å²) in [5.74, 6) is 0. The second kappa shape index (κ2) is 4.47. The number of oxime groups is 1. The number of aryl methyl sites for hydroxylation is 1. The van der Waals surface area contributed by atoms with Crippen LogP contribution >= 0.6 is 11.6 Å². The van der Waals surface area contributed by atoms with E-state index >= 15 is 0 Å². The van der Waals surface area contributed by atoms with Crippen LogP contribution in [0.2, 0.25) is 5.02 Å². The minimum atomic E-state index is -0.275. The van der Waals surface area contributed by atoms with Crippen molar-refractivity contribution in [2.45, 2.75) is 6.92 Å². The van der Waals surface area contributed by atoms with E-state index in [4.69, 9.17) is 16.8 Å². The molecule has 1 aromatic carbocycles. The van der Waals surface area contributed by atoms with E-state index in [1.165, 1.54) is 4.68 Å². The molecule has 2 aromatic rings. The predicted octanol–water partition coefficient (Wildman–Crippen LogP) is 1.94. The fourth-order valence-corrected chi connectivity index (χ4v) is 1.67. The van der Waals surface area contributed by atoms with Crippen molar-refractivity contribution in [1.29, 1.82) is 0 Å². The highest BCUT2D eigenvalue weighted by Crippen LogP contribution is 2.12. The molecular weight excluding hydrogens is 242 g/mol. The van der Waals surface area contributed by atoms with E-state index < -0.39 is 0 Å². The van der Waals surface area contributed by atoms with Crippen LogP contribution in [0.1, 0.15) is 11.3 Å². The quantitative estimate of drug-likeness (QED) is 0.486. The minimum Gasteiger partial charge on any atom is -0.411 e. The van der Waals surface area contributed by atoms with Crippen molar-refractivity contribution in [1.82, 2.24) is 9.78 Å². The number of aromatic amines is 1. The summed E-state index contributed by atoms with van der Waals surface area (Å²) in [6, 6.07) is 6.83. The van der Waals surface area contributed by atoms with Gasteiger partial charge in [-0.2, -0.15) is 0 Å². The van der Waals surface area contributed by atoms with Gasteiger partial charge >= 0.3 is 0 Å². The van der Waals surface area contributed by atoms with Gasteiger partial charge in [-0.1, -0.05) is 16.8 Å². The fourth-order valence-electron chi connectivity index (χ4n) is 1.54. The van der Waals surface area contributed by atoms with Crippen LogP contribution in [-0.2, 0) is 0 Å². The Hall–Kier alpha value is -2.01. The standard InChI is InChI=1S/C11H10ClN3O2/c1-7-10(6-13-17)11(16)15(14-7)9-4-2-8(12)3-5-9/h2-6,14,17H,1H3/b13-6+. The maximum Gasteiger partial charge on any atom is 0.280 e. The minimum absolute atomic E-state index is 0.275. The van der Waals surface area contributed by atoms with Crippen LogP contribution in [-0.4, -0.2) is 21.2 Å². The molecule has 0 fully saturated rings. The molecule has 1 aromatic heterocycles. The van der Waals surface area contributed by atoms with Gasteiger partial charge in [0.1, 0.15) is 0 Å². The molecule has 1 heterocycles.